The first-order chi connectivity index (χ1) is 7.58. The van der Waals surface area contributed by atoms with Crippen LogP contribution in [0.2, 0.25) is 0 Å². The van der Waals surface area contributed by atoms with Crippen molar-refractivity contribution in [1.82, 2.24) is 20.0 Å². The van der Waals surface area contributed by atoms with Crippen molar-refractivity contribution in [1.29, 1.82) is 0 Å². The Kier molecular flexibility index (Phi) is 2.96. The molecule has 0 bridgehead atoms. The molecule has 5 nitrogen and oxygen atoms in total. The number of hydrogen-bond donors (Lipinski definition) is 1. The molecule has 1 fully saturated rings. The third-order valence-electron chi connectivity index (χ3n) is 2.90. The van der Waals surface area contributed by atoms with E-state index in [1.165, 1.54) is 0 Å². The monoisotopic (exact) mass is 222 g/mol. The summed E-state index contributed by atoms with van der Waals surface area (Å²) in [5, 5.41) is 7.52. The van der Waals surface area contributed by atoms with Gasteiger partial charge in [-0.1, -0.05) is 0 Å². The molecule has 1 aromatic heterocycles. The fourth-order valence-corrected chi connectivity index (χ4v) is 2.10. The normalized spacial score (nSPS) is 21.2. The van der Waals surface area contributed by atoms with Crippen LogP contribution in [0.15, 0.2) is 6.20 Å². The average molecular weight is 222 g/mol. The molecule has 1 aliphatic rings. The van der Waals surface area contributed by atoms with E-state index in [0.29, 0.717) is 6.04 Å². The molecule has 0 aromatic carbocycles. The second-order valence-corrected chi connectivity index (χ2v) is 4.41. The molecule has 2 heterocycles. The van der Waals surface area contributed by atoms with Crippen LogP contribution in [0.5, 0.6) is 0 Å². The fourth-order valence-electron chi connectivity index (χ4n) is 2.10. The zero-order valence-corrected chi connectivity index (χ0v) is 10.0. The van der Waals surface area contributed by atoms with Crippen molar-refractivity contribution in [2.24, 2.45) is 7.05 Å². The summed E-state index contributed by atoms with van der Waals surface area (Å²) in [5.41, 5.74) is 1.52. The summed E-state index contributed by atoms with van der Waals surface area (Å²) < 4.78 is 1.69. The summed E-state index contributed by atoms with van der Waals surface area (Å²) >= 11 is 0. The predicted molar refractivity (Wildman–Crippen MR) is 61.3 cm³/mol. The SMILES string of the molecule is Cc1nn(C)cc1C(=O)N1CCN[C@H](C)C1. The summed E-state index contributed by atoms with van der Waals surface area (Å²) in [4.78, 5) is 14.1. The Morgan fingerprint density at radius 2 is 2.38 bits per heavy atom. The van der Waals surface area contributed by atoms with Crippen LogP contribution < -0.4 is 5.32 Å². The zero-order chi connectivity index (χ0) is 11.7. The number of piperazine rings is 1. The van der Waals surface area contributed by atoms with E-state index in [2.05, 4.69) is 17.3 Å². The van der Waals surface area contributed by atoms with Crippen LogP contribution in [0.3, 0.4) is 0 Å². The van der Waals surface area contributed by atoms with E-state index >= 15 is 0 Å². The molecular weight excluding hydrogens is 204 g/mol. The third-order valence-corrected chi connectivity index (χ3v) is 2.90. The van der Waals surface area contributed by atoms with Crippen LogP contribution in [-0.4, -0.2) is 46.3 Å². The van der Waals surface area contributed by atoms with Gasteiger partial charge in [0.2, 0.25) is 0 Å². The quantitative estimate of drug-likeness (QED) is 0.736. The van der Waals surface area contributed by atoms with Gasteiger partial charge in [0.1, 0.15) is 0 Å². The number of nitrogens with one attached hydrogen (secondary N) is 1. The Hall–Kier alpha value is -1.36. The number of aryl methyl sites for hydroxylation is 2. The molecule has 0 spiro atoms. The van der Waals surface area contributed by atoms with Gasteiger partial charge >= 0.3 is 0 Å². The minimum Gasteiger partial charge on any atom is -0.336 e. The standard InChI is InChI=1S/C11H18N4O/c1-8-6-15(5-4-12-8)11(16)10-7-14(3)13-9(10)2/h7-8,12H,4-6H2,1-3H3/t8-/m1/s1. The average Bonchev–Trinajstić information content (AvgIpc) is 2.57. The van der Waals surface area contributed by atoms with Crippen LogP contribution in [0.25, 0.3) is 0 Å². The summed E-state index contributed by atoms with van der Waals surface area (Å²) in [6.07, 6.45) is 1.80. The molecule has 1 saturated heterocycles. The molecule has 16 heavy (non-hydrogen) atoms. The highest BCUT2D eigenvalue weighted by Gasteiger charge is 2.23. The molecule has 0 radical (unpaired) electrons. The molecule has 0 aliphatic carbocycles. The van der Waals surface area contributed by atoms with Crippen LogP contribution in [-0.2, 0) is 7.05 Å². The molecule has 1 atom stereocenters. The number of nitrogens with zero attached hydrogens (tertiary/aromatic N) is 3. The van der Waals surface area contributed by atoms with E-state index in [9.17, 15) is 4.79 Å². The first-order valence-corrected chi connectivity index (χ1v) is 5.61. The van der Waals surface area contributed by atoms with Gasteiger partial charge in [0.05, 0.1) is 11.3 Å². The van der Waals surface area contributed by atoms with Gasteiger partial charge in [-0.2, -0.15) is 5.10 Å². The summed E-state index contributed by atoms with van der Waals surface area (Å²) in [7, 11) is 1.84. The summed E-state index contributed by atoms with van der Waals surface area (Å²) in [6, 6.07) is 0.370. The highest BCUT2D eigenvalue weighted by molar-refractivity contribution is 5.95. The van der Waals surface area contributed by atoms with Gasteiger partial charge in [-0.3, -0.25) is 9.48 Å². The zero-order valence-electron chi connectivity index (χ0n) is 10.0. The van der Waals surface area contributed by atoms with E-state index < -0.39 is 0 Å². The maximum Gasteiger partial charge on any atom is 0.257 e. The molecule has 1 aromatic rings. The molecule has 0 saturated carbocycles. The van der Waals surface area contributed by atoms with Gasteiger partial charge in [0.15, 0.2) is 0 Å². The molecular formula is C11H18N4O. The highest BCUT2D eigenvalue weighted by Crippen LogP contribution is 2.10. The molecule has 1 aliphatic heterocycles. The number of carbonyl (C=O) groups excluding carboxylic acids is 1. The third kappa shape index (κ3) is 2.09. The minimum absolute atomic E-state index is 0.0963. The molecule has 88 valence electrons. The van der Waals surface area contributed by atoms with Gasteiger partial charge in [-0.25, -0.2) is 0 Å². The Morgan fingerprint density at radius 1 is 1.62 bits per heavy atom. The van der Waals surface area contributed by atoms with Crippen molar-refractivity contribution >= 4 is 5.91 Å². The Bertz CT molecular complexity index is 399. The van der Waals surface area contributed by atoms with Gasteiger partial charge in [-0.05, 0) is 13.8 Å². The number of hydrogen-bond acceptors (Lipinski definition) is 3. The van der Waals surface area contributed by atoms with E-state index in [1.54, 1.807) is 10.9 Å². The smallest absolute Gasteiger partial charge is 0.257 e. The van der Waals surface area contributed by atoms with Gasteiger partial charge in [-0.15, -0.1) is 0 Å². The lowest BCUT2D eigenvalue weighted by atomic mass is 10.2. The van der Waals surface area contributed by atoms with E-state index in [0.717, 1.165) is 30.9 Å². The van der Waals surface area contributed by atoms with Crippen molar-refractivity contribution in [3.05, 3.63) is 17.5 Å². The number of aromatic nitrogens is 2. The lowest BCUT2D eigenvalue weighted by molar-refractivity contribution is 0.0708. The van der Waals surface area contributed by atoms with Crippen LogP contribution in [0.4, 0.5) is 0 Å². The Balaban J connectivity index is 2.15. The number of rotatable bonds is 1. The topological polar surface area (TPSA) is 50.2 Å². The minimum atomic E-state index is 0.0963. The van der Waals surface area contributed by atoms with E-state index in [4.69, 9.17) is 0 Å². The summed E-state index contributed by atoms with van der Waals surface area (Å²) in [5.74, 6) is 0.0963. The maximum atomic E-state index is 12.2. The second-order valence-electron chi connectivity index (χ2n) is 4.41. The Labute approximate surface area is 95.4 Å². The van der Waals surface area contributed by atoms with Crippen molar-refractivity contribution in [3.63, 3.8) is 0 Å². The number of amides is 1. The van der Waals surface area contributed by atoms with Crippen molar-refractivity contribution in [3.8, 4) is 0 Å². The first-order valence-electron chi connectivity index (χ1n) is 5.61. The lowest BCUT2D eigenvalue weighted by Crippen LogP contribution is -2.51. The van der Waals surface area contributed by atoms with Crippen LogP contribution >= 0.6 is 0 Å². The molecule has 1 N–H and O–H groups in total. The summed E-state index contributed by atoms with van der Waals surface area (Å²) in [6.45, 7) is 6.38. The molecule has 5 heteroatoms. The first kappa shape index (κ1) is 11.1. The predicted octanol–water partition coefficient (Wildman–Crippen LogP) is 0.162. The number of carbonyl (C=O) groups is 1. The largest absolute Gasteiger partial charge is 0.336 e. The van der Waals surface area contributed by atoms with Crippen molar-refractivity contribution in [2.45, 2.75) is 19.9 Å². The lowest BCUT2D eigenvalue weighted by Gasteiger charge is -2.31. The molecule has 2 rings (SSSR count). The molecule has 1 amide bonds. The van der Waals surface area contributed by atoms with Gasteiger partial charge < -0.3 is 10.2 Å². The maximum absolute atomic E-state index is 12.2. The van der Waals surface area contributed by atoms with Crippen molar-refractivity contribution in [2.75, 3.05) is 19.6 Å². The van der Waals surface area contributed by atoms with E-state index in [-0.39, 0.29) is 5.91 Å². The fraction of sp³-hybridized carbons (Fsp3) is 0.636. The molecule has 0 unspecified atom stereocenters. The van der Waals surface area contributed by atoms with Crippen LogP contribution in [0, 0.1) is 6.92 Å². The van der Waals surface area contributed by atoms with Gasteiger partial charge in [0.25, 0.3) is 5.91 Å². The van der Waals surface area contributed by atoms with E-state index in [1.807, 2.05) is 18.9 Å². The second kappa shape index (κ2) is 4.25. The van der Waals surface area contributed by atoms with Crippen molar-refractivity contribution < 1.29 is 4.79 Å². The van der Waals surface area contributed by atoms with Gasteiger partial charge in [0, 0.05) is 38.9 Å². The van der Waals surface area contributed by atoms with Crippen LogP contribution in [0.1, 0.15) is 23.0 Å². The highest BCUT2D eigenvalue weighted by atomic mass is 16.2. The Morgan fingerprint density at radius 3 is 2.94 bits per heavy atom.